The molecular weight excluding hydrogens is 260 g/mol. The lowest BCUT2D eigenvalue weighted by molar-refractivity contribution is -0.146. The number of ether oxygens (including phenoxy) is 1. The van der Waals surface area contributed by atoms with E-state index in [0.29, 0.717) is 6.42 Å². The minimum absolute atomic E-state index is 0.0873. The second kappa shape index (κ2) is 11.1. The highest BCUT2D eigenvalue weighted by Crippen LogP contribution is 2.08. The summed E-state index contributed by atoms with van der Waals surface area (Å²) in [5.74, 6) is -0.0873. The van der Waals surface area contributed by atoms with Gasteiger partial charge in [0, 0.05) is 6.42 Å². The van der Waals surface area contributed by atoms with Crippen molar-refractivity contribution in [3.63, 3.8) is 0 Å². The maximum Gasteiger partial charge on any atom is 0.306 e. The quantitative estimate of drug-likeness (QED) is 0.341. The highest BCUT2D eigenvalue weighted by atomic mass is 16.5. The molecule has 1 aromatic carbocycles. The summed E-state index contributed by atoms with van der Waals surface area (Å²) in [7, 11) is 0. The van der Waals surface area contributed by atoms with Gasteiger partial charge < -0.3 is 4.74 Å². The second-order valence-electron chi connectivity index (χ2n) is 5.46. The molecule has 2 heteroatoms. The first kappa shape index (κ1) is 17.5. The molecule has 1 aromatic rings. The number of hydrogen-bond donors (Lipinski definition) is 0. The zero-order chi connectivity index (χ0) is 15.3. The van der Waals surface area contributed by atoms with Crippen molar-refractivity contribution in [1.29, 1.82) is 0 Å². The number of esters is 1. The Labute approximate surface area is 129 Å². The average Bonchev–Trinajstić information content (AvgIpc) is 2.49. The van der Waals surface area contributed by atoms with Crippen molar-refractivity contribution in [3.8, 4) is 0 Å². The van der Waals surface area contributed by atoms with Crippen molar-refractivity contribution in [2.75, 3.05) is 0 Å². The van der Waals surface area contributed by atoms with Gasteiger partial charge >= 0.3 is 5.97 Å². The Morgan fingerprint density at radius 2 is 1.95 bits per heavy atom. The molecule has 0 aliphatic carbocycles. The molecule has 21 heavy (non-hydrogen) atoms. The van der Waals surface area contributed by atoms with Crippen LogP contribution in [0.25, 0.3) is 0 Å². The van der Waals surface area contributed by atoms with E-state index < -0.39 is 0 Å². The molecule has 0 heterocycles. The largest absolute Gasteiger partial charge is 0.458 e. The molecule has 1 atom stereocenters. The number of aryl methyl sites for hydroxylation is 1. The van der Waals surface area contributed by atoms with Crippen molar-refractivity contribution in [1.82, 2.24) is 0 Å². The summed E-state index contributed by atoms with van der Waals surface area (Å²) in [6, 6.07) is 10.4. The van der Waals surface area contributed by atoms with E-state index in [-0.39, 0.29) is 12.1 Å². The highest BCUT2D eigenvalue weighted by molar-refractivity contribution is 5.69. The first-order valence-corrected chi connectivity index (χ1v) is 8.12. The fourth-order valence-electron chi connectivity index (χ4n) is 2.16. The summed E-state index contributed by atoms with van der Waals surface area (Å²) in [6.07, 6.45) is 10.9. The van der Waals surface area contributed by atoms with Crippen LogP contribution in [0.2, 0.25) is 0 Å². The number of unbranched alkanes of at least 4 members (excludes halogenated alkanes) is 3. The maximum absolute atomic E-state index is 11.7. The van der Waals surface area contributed by atoms with Gasteiger partial charge in [-0.2, -0.15) is 0 Å². The predicted octanol–water partition coefficient (Wildman–Crippen LogP) is 5.08. The van der Waals surface area contributed by atoms with E-state index in [1.165, 1.54) is 18.4 Å². The van der Waals surface area contributed by atoms with Gasteiger partial charge in [-0.05, 0) is 44.2 Å². The van der Waals surface area contributed by atoms with Crippen LogP contribution in [0.1, 0.15) is 57.9 Å². The highest BCUT2D eigenvalue weighted by Gasteiger charge is 2.06. The minimum Gasteiger partial charge on any atom is -0.458 e. The smallest absolute Gasteiger partial charge is 0.306 e. The molecule has 0 spiro atoms. The number of rotatable bonds is 10. The van der Waals surface area contributed by atoms with Crippen molar-refractivity contribution in [2.45, 2.75) is 64.9 Å². The fraction of sp³-hybridized carbons (Fsp3) is 0.526. The number of hydrogen-bond acceptors (Lipinski definition) is 2. The van der Waals surface area contributed by atoms with E-state index in [4.69, 9.17) is 4.74 Å². The van der Waals surface area contributed by atoms with Gasteiger partial charge in [0.25, 0.3) is 0 Å². The van der Waals surface area contributed by atoms with Gasteiger partial charge in [-0.25, -0.2) is 0 Å². The third kappa shape index (κ3) is 9.06. The number of carbonyl (C=O) groups excluding carboxylic acids is 1. The van der Waals surface area contributed by atoms with Gasteiger partial charge in [0.1, 0.15) is 6.10 Å². The zero-order valence-corrected chi connectivity index (χ0v) is 13.4. The molecule has 0 N–H and O–H groups in total. The van der Waals surface area contributed by atoms with Crippen LogP contribution in [0.3, 0.4) is 0 Å². The summed E-state index contributed by atoms with van der Waals surface area (Å²) in [5, 5.41) is 0. The Bertz CT molecular complexity index is 409. The zero-order valence-electron chi connectivity index (χ0n) is 13.4. The summed E-state index contributed by atoms with van der Waals surface area (Å²) in [5.41, 5.74) is 1.33. The van der Waals surface area contributed by atoms with E-state index in [1.54, 1.807) is 0 Å². The van der Waals surface area contributed by atoms with E-state index in [2.05, 4.69) is 37.3 Å². The Morgan fingerprint density at radius 3 is 2.67 bits per heavy atom. The monoisotopic (exact) mass is 288 g/mol. The third-order valence-corrected chi connectivity index (χ3v) is 3.39. The first-order valence-electron chi connectivity index (χ1n) is 8.12. The molecule has 1 unspecified atom stereocenters. The molecular formula is C19H28O2. The van der Waals surface area contributed by atoms with Crippen molar-refractivity contribution < 1.29 is 9.53 Å². The van der Waals surface area contributed by atoms with Crippen LogP contribution >= 0.6 is 0 Å². The van der Waals surface area contributed by atoms with Crippen molar-refractivity contribution in [3.05, 3.63) is 48.0 Å². The minimum atomic E-state index is -0.108. The standard InChI is InChI=1S/C19H28O2/c1-3-4-5-7-12-17(2)21-19(20)16-11-10-15-18-13-8-6-9-14-18/h6-9,12-14,17H,3-5,10-11,15-16H2,1-2H3/b12-7+. The van der Waals surface area contributed by atoms with Crippen molar-refractivity contribution >= 4 is 5.97 Å². The van der Waals surface area contributed by atoms with Gasteiger partial charge in [-0.15, -0.1) is 0 Å². The van der Waals surface area contributed by atoms with E-state index in [9.17, 15) is 4.79 Å². The molecule has 0 aromatic heterocycles. The van der Waals surface area contributed by atoms with Crippen LogP contribution in [0, 0.1) is 0 Å². The van der Waals surface area contributed by atoms with Gasteiger partial charge in [0.15, 0.2) is 0 Å². The molecule has 0 aliphatic rings. The topological polar surface area (TPSA) is 26.3 Å². The SMILES string of the molecule is CCCC/C=C/C(C)OC(=O)CCCCc1ccccc1. The third-order valence-electron chi connectivity index (χ3n) is 3.39. The summed E-state index contributed by atoms with van der Waals surface area (Å²) in [4.78, 5) is 11.7. The van der Waals surface area contributed by atoms with Crippen LogP contribution in [0.15, 0.2) is 42.5 Å². The fourth-order valence-corrected chi connectivity index (χ4v) is 2.16. The molecule has 0 bridgehead atoms. The maximum atomic E-state index is 11.7. The average molecular weight is 288 g/mol. The van der Waals surface area contributed by atoms with Gasteiger partial charge in [-0.3, -0.25) is 4.79 Å². The van der Waals surface area contributed by atoms with E-state index in [1.807, 2.05) is 19.1 Å². The summed E-state index contributed by atoms with van der Waals surface area (Å²) < 4.78 is 5.36. The van der Waals surface area contributed by atoms with Crippen LogP contribution in [-0.4, -0.2) is 12.1 Å². The second-order valence-corrected chi connectivity index (χ2v) is 5.46. The predicted molar refractivity (Wildman–Crippen MR) is 88.2 cm³/mol. The Kier molecular flexibility index (Phi) is 9.26. The lowest BCUT2D eigenvalue weighted by atomic mass is 10.1. The first-order chi connectivity index (χ1) is 10.2. The lowest BCUT2D eigenvalue weighted by Gasteiger charge is -2.09. The number of carbonyl (C=O) groups is 1. The van der Waals surface area contributed by atoms with Gasteiger partial charge in [-0.1, -0.05) is 56.2 Å². The van der Waals surface area contributed by atoms with Crippen LogP contribution in [0.5, 0.6) is 0 Å². The normalized spacial score (nSPS) is 12.5. The summed E-state index contributed by atoms with van der Waals surface area (Å²) in [6.45, 7) is 4.09. The molecule has 0 amide bonds. The molecule has 0 saturated heterocycles. The Morgan fingerprint density at radius 1 is 1.19 bits per heavy atom. The van der Waals surface area contributed by atoms with Gasteiger partial charge in [0.2, 0.25) is 0 Å². The molecule has 0 aliphatic heterocycles. The number of allylic oxidation sites excluding steroid dienone is 1. The van der Waals surface area contributed by atoms with Crippen LogP contribution in [0.4, 0.5) is 0 Å². The summed E-state index contributed by atoms with van der Waals surface area (Å²) >= 11 is 0. The van der Waals surface area contributed by atoms with Crippen LogP contribution in [-0.2, 0) is 16.0 Å². The molecule has 116 valence electrons. The Hall–Kier alpha value is -1.57. The van der Waals surface area contributed by atoms with Gasteiger partial charge in [0.05, 0.1) is 0 Å². The molecule has 0 fully saturated rings. The van der Waals surface area contributed by atoms with Crippen molar-refractivity contribution in [2.24, 2.45) is 0 Å². The van der Waals surface area contributed by atoms with E-state index in [0.717, 1.165) is 25.7 Å². The molecule has 0 saturated carbocycles. The molecule has 1 rings (SSSR count). The molecule has 2 nitrogen and oxygen atoms in total. The number of benzene rings is 1. The van der Waals surface area contributed by atoms with E-state index >= 15 is 0 Å². The lowest BCUT2D eigenvalue weighted by Crippen LogP contribution is -2.12. The Balaban J connectivity index is 2.09. The van der Waals surface area contributed by atoms with Crippen LogP contribution < -0.4 is 0 Å². The molecule has 0 radical (unpaired) electrons.